The molecule has 2 aliphatic heterocycles. The van der Waals surface area contributed by atoms with Gasteiger partial charge in [-0.3, -0.25) is 14.4 Å². The number of carbonyl (C=O) groups excluding carboxylic acids is 4. The number of anilines is 1. The van der Waals surface area contributed by atoms with E-state index in [1.807, 2.05) is 41.3 Å². The van der Waals surface area contributed by atoms with E-state index >= 15 is 0 Å². The third-order valence-corrected chi connectivity index (χ3v) is 8.10. The highest BCUT2D eigenvalue weighted by molar-refractivity contribution is 6.14. The van der Waals surface area contributed by atoms with E-state index in [9.17, 15) is 19.2 Å². The van der Waals surface area contributed by atoms with E-state index in [4.69, 9.17) is 4.74 Å². The van der Waals surface area contributed by atoms with Crippen molar-refractivity contribution in [3.8, 4) is 0 Å². The predicted molar refractivity (Wildman–Crippen MR) is 149 cm³/mol. The summed E-state index contributed by atoms with van der Waals surface area (Å²) in [6.07, 6.45) is 1.93. The lowest BCUT2D eigenvalue weighted by molar-refractivity contribution is -0.134. The molecule has 2 fully saturated rings. The first-order chi connectivity index (χ1) is 19.5. The SMILES string of the molecule is COC(=O)c1cccc2c1C(=O)C(c1cccc(C(=O)N3CCN(C(=O)C4CC4)CC3)c1)C(c1ccccc1)N2. The van der Waals surface area contributed by atoms with Crippen LogP contribution in [0.4, 0.5) is 5.69 Å². The van der Waals surface area contributed by atoms with Gasteiger partial charge in [-0.05, 0) is 48.2 Å². The summed E-state index contributed by atoms with van der Waals surface area (Å²) in [5.41, 5.74) is 3.17. The third kappa shape index (κ3) is 4.74. The van der Waals surface area contributed by atoms with Crippen molar-refractivity contribution in [2.45, 2.75) is 24.8 Å². The van der Waals surface area contributed by atoms with Crippen LogP contribution in [-0.2, 0) is 9.53 Å². The fraction of sp³-hybridized carbons (Fsp3) is 0.312. The molecule has 3 aliphatic rings. The van der Waals surface area contributed by atoms with Gasteiger partial charge in [-0.1, -0.05) is 48.5 Å². The summed E-state index contributed by atoms with van der Waals surface area (Å²) in [6, 6.07) is 21.6. The van der Waals surface area contributed by atoms with Crippen LogP contribution in [0.25, 0.3) is 0 Å². The van der Waals surface area contributed by atoms with E-state index in [-0.39, 0.29) is 29.1 Å². The summed E-state index contributed by atoms with van der Waals surface area (Å²) < 4.78 is 4.97. The fourth-order valence-corrected chi connectivity index (χ4v) is 5.82. The molecule has 0 bridgehead atoms. The van der Waals surface area contributed by atoms with Gasteiger partial charge in [0.15, 0.2) is 5.78 Å². The summed E-state index contributed by atoms with van der Waals surface area (Å²) in [5.74, 6) is -1.21. The molecule has 1 saturated heterocycles. The van der Waals surface area contributed by atoms with E-state index in [2.05, 4.69) is 5.32 Å². The Morgan fingerprint density at radius 2 is 1.50 bits per heavy atom. The van der Waals surface area contributed by atoms with E-state index in [1.54, 1.807) is 41.3 Å². The predicted octanol–water partition coefficient (Wildman–Crippen LogP) is 4.30. The Bertz CT molecular complexity index is 1470. The molecule has 1 saturated carbocycles. The lowest BCUT2D eigenvalue weighted by Gasteiger charge is -2.36. The largest absolute Gasteiger partial charge is 0.465 e. The minimum absolute atomic E-state index is 0.122. The lowest BCUT2D eigenvalue weighted by Crippen LogP contribution is -2.51. The number of carbonyl (C=O) groups is 4. The van der Waals surface area contributed by atoms with E-state index < -0.39 is 17.9 Å². The van der Waals surface area contributed by atoms with Gasteiger partial charge < -0.3 is 19.9 Å². The molecule has 1 N–H and O–H groups in total. The van der Waals surface area contributed by atoms with Gasteiger partial charge in [0.25, 0.3) is 5.91 Å². The summed E-state index contributed by atoms with van der Waals surface area (Å²) >= 11 is 0. The average Bonchev–Trinajstić information content (AvgIpc) is 3.86. The number of amides is 2. The summed E-state index contributed by atoms with van der Waals surface area (Å²) in [5, 5.41) is 3.49. The van der Waals surface area contributed by atoms with Crippen LogP contribution in [0.2, 0.25) is 0 Å². The molecule has 3 aromatic carbocycles. The van der Waals surface area contributed by atoms with Crippen molar-refractivity contribution in [2.75, 3.05) is 38.6 Å². The molecule has 204 valence electrons. The van der Waals surface area contributed by atoms with Crippen LogP contribution in [0, 0.1) is 5.92 Å². The number of rotatable bonds is 5. The van der Waals surface area contributed by atoms with E-state index in [0.29, 0.717) is 48.6 Å². The van der Waals surface area contributed by atoms with Crippen molar-refractivity contribution >= 4 is 29.3 Å². The maximum Gasteiger partial charge on any atom is 0.338 e. The van der Waals surface area contributed by atoms with Crippen molar-refractivity contribution in [3.05, 3.63) is 101 Å². The number of benzene rings is 3. The van der Waals surface area contributed by atoms with Crippen molar-refractivity contribution in [1.82, 2.24) is 9.80 Å². The van der Waals surface area contributed by atoms with Crippen LogP contribution in [0.1, 0.15) is 67.0 Å². The van der Waals surface area contributed by atoms with Crippen LogP contribution in [0.5, 0.6) is 0 Å². The van der Waals surface area contributed by atoms with Crippen molar-refractivity contribution in [3.63, 3.8) is 0 Å². The molecule has 0 spiro atoms. The molecule has 0 aromatic heterocycles. The average molecular weight is 538 g/mol. The second-order valence-corrected chi connectivity index (χ2v) is 10.6. The van der Waals surface area contributed by atoms with Crippen LogP contribution in [-0.4, -0.2) is 66.7 Å². The van der Waals surface area contributed by atoms with Crippen LogP contribution in [0.15, 0.2) is 72.8 Å². The molecule has 0 radical (unpaired) electrons. The maximum absolute atomic E-state index is 14.2. The topological polar surface area (TPSA) is 96.0 Å². The second-order valence-electron chi connectivity index (χ2n) is 10.6. The first kappa shape index (κ1) is 25.8. The Morgan fingerprint density at radius 3 is 2.20 bits per heavy atom. The third-order valence-electron chi connectivity index (χ3n) is 8.10. The van der Waals surface area contributed by atoms with Gasteiger partial charge in [-0.2, -0.15) is 0 Å². The van der Waals surface area contributed by atoms with Crippen LogP contribution < -0.4 is 5.32 Å². The number of piperazine rings is 1. The molecule has 40 heavy (non-hydrogen) atoms. The monoisotopic (exact) mass is 537 g/mol. The number of Topliss-reactive ketones (excluding diaryl/α,β-unsaturated/α-hetero) is 1. The number of methoxy groups -OCH3 is 1. The highest BCUT2D eigenvalue weighted by Gasteiger charge is 2.40. The Labute approximate surface area is 232 Å². The number of ketones is 1. The number of fused-ring (bicyclic) bond motifs is 1. The molecular weight excluding hydrogens is 506 g/mol. The Balaban J connectivity index is 1.32. The van der Waals surface area contributed by atoms with E-state index in [1.165, 1.54) is 7.11 Å². The molecule has 2 amide bonds. The summed E-state index contributed by atoms with van der Waals surface area (Å²) in [7, 11) is 1.30. The van der Waals surface area contributed by atoms with Gasteiger partial charge >= 0.3 is 5.97 Å². The van der Waals surface area contributed by atoms with Gasteiger partial charge in [0, 0.05) is 43.3 Å². The van der Waals surface area contributed by atoms with Crippen LogP contribution in [0.3, 0.4) is 0 Å². The molecule has 2 atom stereocenters. The van der Waals surface area contributed by atoms with Gasteiger partial charge in [-0.25, -0.2) is 4.79 Å². The Kier molecular flexibility index (Phi) is 6.84. The first-order valence-electron chi connectivity index (χ1n) is 13.7. The van der Waals surface area contributed by atoms with Gasteiger partial charge in [0.2, 0.25) is 5.91 Å². The lowest BCUT2D eigenvalue weighted by atomic mass is 9.77. The number of ether oxygens (including phenoxy) is 1. The quantitative estimate of drug-likeness (QED) is 0.488. The molecule has 8 heteroatoms. The second kappa shape index (κ2) is 10.6. The smallest absolute Gasteiger partial charge is 0.338 e. The highest BCUT2D eigenvalue weighted by atomic mass is 16.5. The zero-order chi connectivity index (χ0) is 27.8. The van der Waals surface area contributed by atoms with Gasteiger partial charge in [0.05, 0.1) is 30.2 Å². The molecule has 2 heterocycles. The minimum Gasteiger partial charge on any atom is -0.465 e. The van der Waals surface area contributed by atoms with Crippen molar-refractivity contribution in [2.24, 2.45) is 5.92 Å². The van der Waals surface area contributed by atoms with Crippen molar-refractivity contribution in [1.29, 1.82) is 0 Å². The normalized spacial score (nSPS) is 20.4. The zero-order valence-corrected chi connectivity index (χ0v) is 22.3. The molecular formula is C32H31N3O5. The molecule has 6 rings (SSSR count). The number of hydrogen-bond donors (Lipinski definition) is 1. The molecule has 3 aromatic rings. The summed E-state index contributed by atoms with van der Waals surface area (Å²) in [6.45, 7) is 2.03. The maximum atomic E-state index is 14.2. The molecule has 8 nitrogen and oxygen atoms in total. The number of esters is 1. The zero-order valence-electron chi connectivity index (χ0n) is 22.3. The number of hydrogen-bond acceptors (Lipinski definition) is 6. The Morgan fingerprint density at radius 1 is 0.825 bits per heavy atom. The standard InChI is InChI=1S/C32H31N3O5/c1-40-32(39)24-11-6-12-25-27(24)29(36)26(28(33-25)20-7-3-2-4-8-20)22-9-5-10-23(19-22)31(38)35-17-15-34(16-18-35)30(37)21-13-14-21/h2-12,19,21,26,28,33H,13-18H2,1H3. The summed E-state index contributed by atoms with van der Waals surface area (Å²) in [4.78, 5) is 56.4. The molecule has 1 aliphatic carbocycles. The fourth-order valence-electron chi connectivity index (χ4n) is 5.82. The van der Waals surface area contributed by atoms with Crippen molar-refractivity contribution < 1.29 is 23.9 Å². The first-order valence-corrected chi connectivity index (χ1v) is 13.7. The van der Waals surface area contributed by atoms with E-state index in [0.717, 1.165) is 18.4 Å². The Hall–Kier alpha value is -4.46. The van der Waals surface area contributed by atoms with Gasteiger partial charge in [-0.15, -0.1) is 0 Å². The van der Waals surface area contributed by atoms with Crippen LogP contribution >= 0.6 is 0 Å². The number of nitrogens with one attached hydrogen (secondary N) is 1. The number of nitrogens with zero attached hydrogens (tertiary/aromatic N) is 2. The van der Waals surface area contributed by atoms with Gasteiger partial charge in [0.1, 0.15) is 0 Å². The highest BCUT2D eigenvalue weighted by Crippen LogP contribution is 2.43. The minimum atomic E-state index is -0.679. The molecule has 2 unspecified atom stereocenters.